The van der Waals surface area contributed by atoms with E-state index in [-0.39, 0.29) is 18.4 Å². The smallest absolute Gasteiger partial charge is 0.298 e. The summed E-state index contributed by atoms with van der Waals surface area (Å²) in [5, 5.41) is 0. The van der Waals surface area contributed by atoms with Gasteiger partial charge in [0.25, 0.3) is 0 Å². The third-order valence-electron chi connectivity index (χ3n) is 3.29. The minimum absolute atomic E-state index is 0.0167. The highest BCUT2D eigenvalue weighted by Crippen LogP contribution is 2.60. The van der Waals surface area contributed by atoms with Gasteiger partial charge >= 0.3 is 36.0 Å². The summed E-state index contributed by atoms with van der Waals surface area (Å²) in [6.07, 6.45) is -5.51. The summed E-state index contributed by atoms with van der Waals surface area (Å²) in [4.78, 5) is 10.3. The van der Waals surface area contributed by atoms with E-state index < -0.39 is 47.2 Å². The lowest BCUT2D eigenvalue weighted by atomic mass is 9.90. The first-order valence-electron chi connectivity index (χ1n) is 6.21. The van der Waals surface area contributed by atoms with Gasteiger partial charge in [-0.05, 0) is 0 Å². The average Bonchev–Trinajstić information content (AvgIpc) is 2.53. The number of carbonyl (C=O) groups is 1. The highest BCUT2D eigenvalue weighted by molar-refractivity contribution is 5.74. The summed E-state index contributed by atoms with van der Waals surface area (Å²) >= 11 is 0. The molecule has 0 aromatic heterocycles. The molecule has 0 saturated heterocycles. The largest absolute Gasteiger partial charge is 0.385 e. The molecule has 0 aliphatic rings. The Morgan fingerprint density at radius 1 is 0.692 bits per heavy atom. The van der Waals surface area contributed by atoms with Gasteiger partial charge in [-0.3, -0.25) is 4.79 Å². The predicted octanol–water partition coefficient (Wildman–Crippen LogP) is 5.40. The van der Waals surface area contributed by atoms with Crippen LogP contribution in [-0.2, 0) is 5.92 Å². The molecule has 0 amide bonds. The lowest BCUT2D eigenvalue weighted by Crippen LogP contribution is -2.67. The van der Waals surface area contributed by atoms with Crippen LogP contribution in [0.1, 0.15) is 15.9 Å². The van der Waals surface area contributed by atoms with Crippen molar-refractivity contribution in [2.75, 3.05) is 0 Å². The maximum atomic E-state index is 13.7. The van der Waals surface area contributed by atoms with E-state index in [4.69, 9.17) is 0 Å². The fraction of sp³-hybridized carbons (Fsp3) is 0.462. The van der Waals surface area contributed by atoms with Gasteiger partial charge in [0.05, 0.1) is 0 Å². The second-order valence-corrected chi connectivity index (χ2v) is 4.96. The number of halogens is 12. The summed E-state index contributed by atoms with van der Waals surface area (Å²) in [7, 11) is 0. The highest BCUT2D eigenvalue weighted by atomic mass is 19.4. The molecule has 1 nitrogen and oxygen atoms in total. The Bertz CT molecular complexity index is 650. The van der Waals surface area contributed by atoms with Gasteiger partial charge in [-0.25, -0.2) is 8.78 Å². The molecule has 0 spiro atoms. The Morgan fingerprint density at radius 3 is 1.46 bits per heavy atom. The van der Waals surface area contributed by atoms with E-state index in [1.165, 1.54) is 0 Å². The Hall–Kier alpha value is -1.95. The monoisotopic (exact) mass is 406 g/mol. The van der Waals surface area contributed by atoms with Crippen LogP contribution in [0.25, 0.3) is 0 Å². The van der Waals surface area contributed by atoms with Crippen molar-refractivity contribution in [1.82, 2.24) is 0 Å². The second-order valence-electron chi connectivity index (χ2n) is 4.96. The lowest BCUT2D eigenvalue weighted by Gasteiger charge is -2.39. The highest BCUT2D eigenvalue weighted by Gasteiger charge is 2.87. The third kappa shape index (κ3) is 2.90. The van der Waals surface area contributed by atoms with Crippen LogP contribution in [-0.4, -0.2) is 36.4 Å². The summed E-state index contributed by atoms with van der Waals surface area (Å²) in [6, 6.07) is 0.820. The maximum Gasteiger partial charge on any atom is 0.385 e. The zero-order chi connectivity index (χ0) is 20.8. The van der Waals surface area contributed by atoms with Crippen LogP contribution in [0.5, 0.6) is 0 Å². The molecule has 0 bridgehead atoms. The van der Waals surface area contributed by atoms with Gasteiger partial charge in [0.1, 0.15) is 6.29 Å². The Labute approximate surface area is 136 Å². The van der Waals surface area contributed by atoms with E-state index in [1.54, 1.807) is 0 Å². The fourth-order valence-corrected chi connectivity index (χ4v) is 1.69. The van der Waals surface area contributed by atoms with Gasteiger partial charge in [0, 0.05) is 11.1 Å². The standard InChI is InChI=1S/C13H6F12O/c14-8(15)10(18,19)12(22,23)13(24,25)11(20,21)9(16,17)7-3-1-6(5-26)2-4-7/h1-5,8H. The molecule has 0 radical (unpaired) electrons. The summed E-state index contributed by atoms with van der Waals surface area (Å²) in [5.74, 6) is -35.5. The minimum atomic E-state index is -7.58. The zero-order valence-corrected chi connectivity index (χ0v) is 11.9. The van der Waals surface area contributed by atoms with Crippen molar-refractivity contribution in [2.24, 2.45) is 0 Å². The number of hydrogen-bond donors (Lipinski definition) is 0. The van der Waals surface area contributed by atoms with Gasteiger partial charge < -0.3 is 0 Å². The van der Waals surface area contributed by atoms with E-state index in [9.17, 15) is 57.5 Å². The molecular weight excluding hydrogens is 400 g/mol. The van der Waals surface area contributed by atoms with Crippen LogP contribution in [0.4, 0.5) is 52.7 Å². The van der Waals surface area contributed by atoms with Gasteiger partial charge in [0.2, 0.25) is 0 Å². The number of carbonyl (C=O) groups excluding carboxylic acids is 1. The lowest BCUT2D eigenvalue weighted by molar-refractivity contribution is -0.415. The van der Waals surface area contributed by atoms with Crippen LogP contribution in [0.2, 0.25) is 0 Å². The summed E-state index contributed by atoms with van der Waals surface area (Å²) in [5.41, 5.74) is -2.43. The van der Waals surface area contributed by atoms with Crippen molar-refractivity contribution in [1.29, 1.82) is 0 Å². The molecule has 148 valence electrons. The normalized spacial score (nSPS) is 14.7. The minimum Gasteiger partial charge on any atom is -0.298 e. The number of rotatable bonds is 7. The number of aldehydes is 1. The van der Waals surface area contributed by atoms with Crippen LogP contribution in [0.15, 0.2) is 24.3 Å². The number of alkyl halides is 12. The average molecular weight is 406 g/mol. The number of hydrogen-bond acceptors (Lipinski definition) is 1. The molecule has 13 heteroatoms. The SMILES string of the molecule is O=Cc1ccc(C(F)(F)C(F)(F)C(F)(F)C(F)(F)C(F)(F)C(F)F)cc1. The van der Waals surface area contributed by atoms with Crippen LogP contribution in [0, 0.1) is 0 Å². The second kappa shape index (κ2) is 6.34. The van der Waals surface area contributed by atoms with E-state index in [0.717, 1.165) is 0 Å². The summed E-state index contributed by atoms with van der Waals surface area (Å²) in [6.45, 7) is 0. The number of benzene rings is 1. The van der Waals surface area contributed by atoms with Gasteiger partial charge in [0.15, 0.2) is 0 Å². The van der Waals surface area contributed by atoms with Crippen molar-refractivity contribution in [3.05, 3.63) is 35.4 Å². The Morgan fingerprint density at radius 2 is 1.12 bits per heavy atom. The molecule has 0 N–H and O–H groups in total. The molecule has 0 aliphatic carbocycles. The van der Waals surface area contributed by atoms with Crippen molar-refractivity contribution in [3.8, 4) is 0 Å². The van der Waals surface area contributed by atoms with E-state index in [1.807, 2.05) is 0 Å². The molecule has 0 aliphatic heterocycles. The molecule has 1 rings (SSSR count). The van der Waals surface area contributed by atoms with Crippen molar-refractivity contribution in [3.63, 3.8) is 0 Å². The van der Waals surface area contributed by atoms with E-state index >= 15 is 0 Å². The van der Waals surface area contributed by atoms with Gasteiger partial charge in [-0.1, -0.05) is 24.3 Å². The van der Waals surface area contributed by atoms with Gasteiger partial charge in [-0.15, -0.1) is 0 Å². The van der Waals surface area contributed by atoms with Crippen LogP contribution < -0.4 is 0 Å². The zero-order valence-electron chi connectivity index (χ0n) is 11.9. The van der Waals surface area contributed by atoms with E-state index in [0.29, 0.717) is 12.1 Å². The first kappa shape index (κ1) is 22.1. The molecule has 0 heterocycles. The predicted molar refractivity (Wildman–Crippen MR) is 61.5 cm³/mol. The van der Waals surface area contributed by atoms with E-state index in [2.05, 4.69) is 0 Å². The summed E-state index contributed by atoms with van der Waals surface area (Å²) < 4.78 is 156. The first-order valence-corrected chi connectivity index (χ1v) is 6.21. The maximum absolute atomic E-state index is 13.7. The molecule has 0 fully saturated rings. The Balaban J connectivity index is 3.50. The molecule has 0 saturated carbocycles. The fourth-order valence-electron chi connectivity index (χ4n) is 1.69. The van der Waals surface area contributed by atoms with Crippen molar-refractivity contribution >= 4 is 6.29 Å². The topological polar surface area (TPSA) is 17.1 Å². The van der Waals surface area contributed by atoms with Crippen molar-refractivity contribution in [2.45, 2.75) is 36.0 Å². The molecular formula is C13H6F12O. The first-order chi connectivity index (χ1) is 11.5. The molecule has 1 aromatic carbocycles. The van der Waals surface area contributed by atoms with Crippen LogP contribution >= 0.6 is 0 Å². The Kier molecular flexibility index (Phi) is 5.39. The molecule has 0 atom stereocenters. The van der Waals surface area contributed by atoms with Crippen molar-refractivity contribution < 1.29 is 57.5 Å². The molecule has 1 aromatic rings. The third-order valence-corrected chi connectivity index (χ3v) is 3.29. The van der Waals surface area contributed by atoms with Crippen LogP contribution in [0.3, 0.4) is 0 Å². The molecule has 26 heavy (non-hydrogen) atoms. The quantitative estimate of drug-likeness (QED) is 0.438. The molecule has 0 unspecified atom stereocenters. The van der Waals surface area contributed by atoms with Gasteiger partial charge in [-0.2, -0.15) is 43.9 Å².